The molecule has 0 aliphatic rings. The highest BCUT2D eigenvalue weighted by Gasteiger charge is 2.14. The van der Waals surface area contributed by atoms with Gasteiger partial charge in [-0.15, -0.1) is 0 Å². The number of nitrogens with zero attached hydrogens (tertiary/aromatic N) is 2. The number of aliphatic imine (C=N–C) groups is 1. The molecule has 3 rings (SSSR count). The van der Waals surface area contributed by atoms with E-state index in [1.165, 1.54) is 30.3 Å². The topological polar surface area (TPSA) is 87.5 Å². The third kappa shape index (κ3) is 3.36. The molecular formula is C17H11ClFN3O3. The molecule has 6 nitrogen and oxygen atoms in total. The minimum Gasteiger partial charge on any atom is -0.493 e. The van der Waals surface area contributed by atoms with E-state index in [0.29, 0.717) is 5.02 Å². The number of aromatic nitrogens is 2. The van der Waals surface area contributed by atoms with Crippen LogP contribution in [0, 0.1) is 5.82 Å². The van der Waals surface area contributed by atoms with Crippen LogP contribution >= 0.6 is 11.6 Å². The summed E-state index contributed by atoms with van der Waals surface area (Å²) in [6.45, 7) is 0. The highest BCUT2D eigenvalue weighted by atomic mass is 35.5. The first kappa shape index (κ1) is 16.7. The summed E-state index contributed by atoms with van der Waals surface area (Å²) in [7, 11) is 0. The average molecular weight is 360 g/mol. The molecule has 8 heteroatoms. The van der Waals surface area contributed by atoms with Crippen LogP contribution in [0.4, 0.5) is 10.1 Å². The van der Waals surface area contributed by atoms with Crippen LogP contribution in [0.25, 0.3) is 5.69 Å². The van der Waals surface area contributed by atoms with E-state index in [4.69, 9.17) is 11.6 Å². The van der Waals surface area contributed by atoms with E-state index in [9.17, 15) is 19.1 Å². The fourth-order valence-corrected chi connectivity index (χ4v) is 2.38. The van der Waals surface area contributed by atoms with Gasteiger partial charge in [-0.2, -0.15) is 0 Å². The van der Waals surface area contributed by atoms with Crippen molar-refractivity contribution < 1.29 is 9.50 Å². The zero-order valence-electron chi connectivity index (χ0n) is 12.6. The third-order valence-corrected chi connectivity index (χ3v) is 3.61. The molecule has 0 bridgehead atoms. The zero-order chi connectivity index (χ0) is 18.0. The van der Waals surface area contributed by atoms with Crippen molar-refractivity contribution in [2.24, 2.45) is 4.99 Å². The highest BCUT2D eigenvalue weighted by molar-refractivity contribution is 6.30. The van der Waals surface area contributed by atoms with E-state index in [1.54, 1.807) is 18.2 Å². The maximum Gasteiger partial charge on any atom is 0.335 e. The van der Waals surface area contributed by atoms with Crippen molar-refractivity contribution in [2.45, 2.75) is 0 Å². The van der Waals surface area contributed by atoms with Crippen molar-refractivity contribution in [3.8, 4) is 11.6 Å². The lowest BCUT2D eigenvalue weighted by molar-refractivity contribution is 0.430. The summed E-state index contributed by atoms with van der Waals surface area (Å²) < 4.78 is 14.5. The maximum absolute atomic E-state index is 13.6. The number of hydrogen-bond acceptors (Lipinski definition) is 4. The molecule has 2 N–H and O–H groups in total. The Kier molecular flexibility index (Phi) is 4.49. The molecule has 0 spiro atoms. The molecule has 126 valence electrons. The molecule has 0 saturated carbocycles. The van der Waals surface area contributed by atoms with Gasteiger partial charge in [-0.1, -0.05) is 29.8 Å². The fourth-order valence-electron chi connectivity index (χ4n) is 2.20. The van der Waals surface area contributed by atoms with Gasteiger partial charge in [-0.3, -0.25) is 14.8 Å². The van der Waals surface area contributed by atoms with Crippen molar-refractivity contribution in [1.29, 1.82) is 0 Å². The van der Waals surface area contributed by atoms with Gasteiger partial charge in [0.1, 0.15) is 11.4 Å². The summed E-state index contributed by atoms with van der Waals surface area (Å²) in [5.41, 5.74) is -1.73. The van der Waals surface area contributed by atoms with Crippen molar-refractivity contribution in [3.05, 3.63) is 85.8 Å². The molecule has 0 aliphatic carbocycles. The number of aromatic hydroxyl groups is 1. The molecule has 0 fully saturated rings. The van der Waals surface area contributed by atoms with E-state index in [2.05, 4.69) is 9.98 Å². The fraction of sp³-hybridized carbons (Fsp3) is 0. The Morgan fingerprint density at radius 3 is 2.64 bits per heavy atom. The number of H-pyrrole nitrogens is 1. The van der Waals surface area contributed by atoms with Crippen LogP contribution in [-0.4, -0.2) is 20.9 Å². The van der Waals surface area contributed by atoms with Crippen LogP contribution in [0.1, 0.15) is 5.56 Å². The molecular weight excluding hydrogens is 349 g/mol. The van der Waals surface area contributed by atoms with Gasteiger partial charge in [0.05, 0.1) is 11.4 Å². The SMILES string of the molecule is O=c1[nH]c(=O)n(-c2cccc(Cl)c2)c(O)c1C=Nc1ccccc1F. The Balaban J connectivity index is 2.16. The third-order valence-electron chi connectivity index (χ3n) is 3.37. The molecule has 0 saturated heterocycles. The Morgan fingerprint density at radius 2 is 1.92 bits per heavy atom. The van der Waals surface area contributed by atoms with Crippen molar-refractivity contribution >= 4 is 23.5 Å². The normalized spacial score (nSPS) is 11.1. The number of halogens is 2. The Labute approximate surface area is 145 Å². The van der Waals surface area contributed by atoms with E-state index in [-0.39, 0.29) is 16.9 Å². The van der Waals surface area contributed by atoms with Crippen LogP contribution in [0.5, 0.6) is 5.88 Å². The largest absolute Gasteiger partial charge is 0.493 e. The molecule has 0 unspecified atom stereocenters. The molecule has 0 aliphatic heterocycles. The molecule has 25 heavy (non-hydrogen) atoms. The van der Waals surface area contributed by atoms with Gasteiger partial charge in [-0.05, 0) is 30.3 Å². The van der Waals surface area contributed by atoms with E-state index < -0.39 is 22.9 Å². The van der Waals surface area contributed by atoms with E-state index >= 15 is 0 Å². The molecule has 2 aromatic carbocycles. The predicted octanol–water partition coefficient (Wildman–Crippen LogP) is 2.77. The lowest BCUT2D eigenvalue weighted by Gasteiger charge is -2.09. The van der Waals surface area contributed by atoms with Crippen molar-refractivity contribution in [2.75, 3.05) is 0 Å². The number of hydrogen-bond donors (Lipinski definition) is 2. The Bertz CT molecular complexity index is 1090. The van der Waals surface area contributed by atoms with E-state index in [1.807, 2.05) is 0 Å². The maximum atomic E-state index is 13.6. The van der Waals surface area contributed by atoms with Gasteiger partial charge in [0.25, 0.3) is 5.56 Å². The highest BCUT2D eigenvalue weighted by Crippen LogP contribution is 2.20. The smallest absolute Gasteiger partial charge is 0.335 e. The van der Waals surface area contributed by atoms with Gasteiger partial charge < -0.3 is 5.11 Å². The van der Waals surface area contributed by atoms with Gasteiger partial charge >= 0.3 is 5.69 Å². The number of nitrogens with one attached hydrogen (secondary N) is 1. The second-order valence-corrected chi connectivity index (χ2v) is 5.46. The van der Waals surface area contributed by atoms with Crippen LogP contribution in [0.15, 0.2) is 63.1 Å². The van der Waals surface area contributed by atoms with Gasteiger partial charge in [0.2, 0.25) is 5.88 Å². The van der Waals surface area contributed by atoms with Crippen molar-refractivity contribution in [3.63, 3.8) is 0 Å². The van der Waals surface area contributed by atoms with Crippen molar-refractivity contribution in [1.82, 2.24) is 9.55 Å². The molecule has 0 amide bonds. The number of rotatable bonds is 3. The van der Waals surface area contributed by atoms with Crippen LogP contribution in [-0.2, 0) is 0 Å². The lowest BCUT2D eigenvalue weighted by atomic mass is 10.2. The first-order valence-electron chi connectivity index (χ1n) is 7.10. The molecule has 3 aromatic rings. The summed E-state index contributed by atoms with van der Waals surface area (Å²) in [5.74, 6) is -1.21. The van der Waals surface area contributed by atoms with Crippen LogP contribution in [0.3, 0.4) is 0 Å². The summed E-state index contributed by atoms with van der Waals surface area (Å²) in [6, 6.07) is 11.8. The Morgan fingerprint density at radius 1 is 1.16 bits per heavy atom. The summed E-state index contributed by atoms with van der Waals surface area (Å²) in [4.78, 5) is 30.0. The number of para-hydroxylation sites is 1. The standard InChI is InChI=1S/C17H11ClFN3O3/c18-10-4-3-5-11(8-10)22-16(24)12(15(23)21-17(22)25)9-20-14-7-2-1-6-13(14)19/h1-9,24H,(H,21,23,25). The van der Waals surface area contributed by atoms with Crippen LogP contribution in [0.2, 0.25) is 5.02 Å². The predicted molar refractivity (Wildman–Crippen MR) is 93.0 cm³/mol. The zero-order valence-corrected chi connectivity index (χ0v) is 13.4. The summed E-state index contributed by atoms with van der Waals surface area (Å²) in [6.07, 6.45) is 0.993. The first-order valence-corrected chi connectivity index (χ1v) is 7.48. The van der Waals surface area contributed by atoms with Gasteiger partial charge in [-0.25, -0.2) is 13.8 Å². The minimum absolute atomic E-state index is 0.0122. The number of aromatic amines is 1. The number of benzene rings is 2. The lowest BCUT2D eigenvalue weighted by Crippen LogP contribution is -2.31. The minimum atomic E-state index is -0.846. The first-order chi connectivity index (χ1) is 12.0. The van der Waals surface area contributed by atoms with Gasteiger partial charge in [0.15, 0.2) is 0 Å². The molecule has 0 radical (unpaired) electrons. The average Bonchev–Trinajstić information content (AvgIpc) is 2.56. The molecule has 0 atom stereocenters. The van der Waals surface area contributed by atoms with Gasteiger partial charge in [0, 0.05) is 11.2 Å². The van der Waals surface area contributed by atoms with E-state index in [0.717, 1.165) is 10.8 Å². The molecule has 1 heterocycles. The molecule has 1 aromatic heterocycles. The van der Waals surface area contributed by atoms with Crippen LogP contribution < -0.4 is 11.2 Å². The second kappa shape index (κ2) is 6.74. The summed E-state index contributed by atoms with van der Waals surface area (Å²) >= 11 is 5.89. The second-order valence-electron chi connectivity index (χ2n) is 5.02. The Hall–Kier alpha value is -3.19. The quantitative estimate of drug-likeness (QED) is 0.705. The summed E-state index contributed by atoms with van der Waals surface area (Å²) in [5, 5.41) is 10.7. The monoisotopic (exact) mass is 359 g/mol.